The molecule has 1 atom stereocenters. The van der Waals surface area contributed by atoms with Crippen LogP contribution in [0.15, 0.2) is 54.7 Å². The Balaban J connectivity index is 1.70. The fourth-order valence-corrected chi connectivity index (χ4v) is 2.77. The minimum absolute atomic E-state index is 0.0239. The molecule has 108 valence electrons. The minimum Gasteiger partial charge on any atom is -0.368 e. The lowest BCUT2D eigenvalue weighted by atomic mass is 10.1. The molecular formula is C17H19N3O. The summed E-state index contributed by atoms with van der Waals surface area (Å²) in [5, 5.41) is 0. The normalized spacial score (nSPS) is 18.6. The first-order valence-electron chi connectivity index (χ1n) is 7.27. The topological polar surface area (TPSA) is 36.4 Å². The zero-order valence-corrected chi connectivity index (χ0v) is 12.1. The van der Waals surface area contributed by atoms with Crippen LogP contribution in [-0.2, 0) is 0 Å². The van der Waals surface area contributed by atoms with Gasteiger partial charge in [0, 0.05) is 37.6 Å². The number of rotatable bonds is 2. The van der Waals surface area contributed by atoms with Crippen LogP contribution in [0.2, 0.25) is 0 Å². The summed E-state index contributed by atoms with van der Waals surface area (Å²) < 4.78 is 0. The average molecular weight is 281 g/mol. The van der Waals surface area contributed by atoms with Gasteiger partial charge in [0.1, 0.15) is 5.69 Å². The van der Waals surface area contributed by atoms with E-state index in [1.807, 2.05) is 35.2 Å². The Kier molecular flexibility index (Phi) is 3.86. The van der Waals surface area contributed by atoms with Crippen molar-refractivity contribution >= 4 is 11.6 Å². The molecule has 1 aliphatic heterocycles. The summed E-state index contributed by atoms with van der Waals surface area (Å²) in [7, 11) is 0. The van der Waals surface area contributed by atoms with Crippen LogP contribution in [-0.4, -0.2) is 41.5 Å². The Labute approximate surface area is 125 Å². The number of benzene rings is 1. The van der Waals surface area contributed by atoms with Crippen LogP contribution < -0.4 is 4.90 Å². The molecule has 1 saturated heterocycles. The van der Waals surface area contributed by atoms with Crippen molar-refractivity contribution in [2.45, 2.75) is 13.0 Å². The van der Waals surface area contributed by atoms with E-state index in [1.54, 1.807) is 12.3 Å². The molecule has 2 heterocycles. The zero-order valence-electron chi connectivity index (χ0n) is 12.1. The first kappa shape index (κ1) is 13.6. The van der Waals surface area contributed by atoms with Gasteiger partial charge in [0.2, 0.25) is 0 Å². The summed E-state index contributed by atoms with van der Waals surface area (Å²) in [6, 6.07) is 16.0. The number of piperazine rings is 1. The first-order valence-corrected chi connectivity index (χ1v) is 7.27. The summed E-state index contributed by atoms with van der Waals surface area (Å²) in [6.07, 6.45) is 1.66. The second-order valence-corrected chi connectivity index (χ2v) is 5.34. The number of hydrogen-bond donors (Lipinski definition) is 0. The van der Waals surface area contributed by atoms with Gasteiger partial charge in [-0.3, -0.25) is 9.78 Å². The van der Waals surface area contributed by atoms with Crippen molar-refractivity contribution in [1.82, 2.24) is 9.88 Å². The molecule has 1 fully saturated rings. The third kappa shape index (κ3) is 2.89. The van der Waals surface area contributed by atoms with Gasteiger partial charge in [0.25, 0.3) is 5.91 Å². The molecule has 1 aliphatic rings. The Morgan fingerprint density at radius 3 is 2.52 bits per heavy atom. The van der Waals surface area contributed by atoms with Crippen LogP contribution in [0, 0.1) is 0 Å². The molecule has 0 spiro atoms. The molecule has 0 aliphatic carbocycles. The molecule has 4 heteroatoms. The van der Waals surface area contributed by atoms with Gasteiger partial charge in [-0.15, -0.1) is 0 Å². The molecule has 1 amide bonds. The zero-order chi connectivity index (χ0) is 14.7. The van der Waals surface area contributed by atoms with E-state index in [1.165, 1.54) is 5.69 Å². The smallest absolute Gasteiger partial charge is 0.272 e. The van der Waals surface area contributed by atoms with Gasteiger partial charge in [0.05, 0.1) is 0 Å². The summed E-state index contributed by atoms with van der Waals surface area (Å²) in [5.41, 5.74) is 1.74. The van der Waals surface area contributed by atoms with Crippen LogP contribution in [0.3, 0.4) is 0 Å². The number of amides is 1. The fourth-order valence-electron chi connectivity index (χ4n) is 2.77. The van der Waals surface area contributed by atoms with E-state index in [4.69, 9.17) is 0 Å². The van der Waals surface area contributed by atoms with Crippen molar-refractivity contribution in [3.63, 3.8) is 0 Å². The maximum absolute atomic E-state index is 12.5. The lowest BCUT2D eigenvalue weighted by Crippen LogP contribution is -2.54. The highest BCUT2D eigenvalue weighted by Gasteiger charge is 2.28. The van der Waals surface area contributed by atoms with Crippen molar-refractivity contribution < 1.29 is 4.79 Å². The predicted molar refractivity (Wildman–Crippen MR) is 83.4 cm³/mol. The maximum Gasteiger partial charge on any atom is 0.272 e. The molecule has 1 unspecified atom stereocenters. The number of aromatic nitrogens is 1. The number of carbonyl (C=O) groups excluding carboxylic acids is 1. The number of hydrogen-bond acceptors (Lipinski definition) is 3. The molecule has 1 aromatic carbocycles. The van der Waals surface area contributed by atoms with E-state index >= 15 is 0 Å². The van der Waals surface area contributed by atoms with E-state index in [2.05, 4.69) is 28.9 Å². The Bertz CT molecular complexity index is 600. The third-order valence-electron chi connectivity index (χ3n) is 3.89. The molecule has 0 saturated carbocycles. The Hall–Kier alpha value is -2.36. The van der Waals surface area contributed by atoms with E-state index < -0.39 is 0 Å². The summed E-state index contributed by atoms with van der Waals surface area (Å²) in [6.45, 7) is 4.52. The highest BCUT2D eigenvalue weighted by Crippen LogP contribution is 2.19. The number of pyridine rings is 1. The summed E-state index contributed by atoms with van der Waals surface area (Å²) in [4.78, 5) is 20.9. The molecule has 0 N–H and O–H groups in total. The predicted octanol–water partition coefficient (Wildman–Crippen LogP) is 2.43. The largest absolute Gasteiger partial charge is 0.368 e. The van der Waals surface area contributed by atoms with E-state index in [0.29, 0.717) is 5.69 Å². The van der Waals surface area contributed by atoms with Gasteiger partial charge in [-0.25, -0.2) is 0 Å². The standard InChI is InChI=1S/C17H19N3O/c1-14-13-19(15-7-3-2-4-8-15)11-12-20(14)17(21)16-9-5-6-10-18-16/h2-10,14H,11-13H2,1H3. The van der Waals surface area contributed by atoms with Gasteiger partial charge < -0.3 is 9.80 Å². The minimum atomic E-state index is 0.0239. The van der Waals surface area contributed by atoms with Gasteiger partial charge in [-0.2, -0.15) is 0 Å². The second kappa shape index (κ2) is 5.95. The maximum atomic E-state index is 12.5. The summed E-state index contributed by atoms with van der Waals surface area (Å²) >= 11 is 0. The van der Waals surface area contributed by atoms with Crippen molar-refractivity contribution in [2.24, 2.45) is 0 Å². The molecule has 1 aromatic heterocycles. The number of para-hydroxylation sites is 1. The lowest BCUT2D eigenvalue weighted by molar-refractivity contribution is 0.0668. The van der Waals surface area contributed by atoms with Crippen LogP contribution in [0.25, 0.3) is 0 Å². The second-order valence-electron chi connectivity index (χ2n) is 5.34. The molecular weight excluding hydrogens is 262 g/mol. The number of nitrogens with zero attached hydrogens (tertiary/aromatic N) is 3. The highest BCUT2D eigenvalue weighted by atomic mass is 16.2. The van der Waals surface area contributed by atoms with Crippen molar-refractivity contribution in [1.29, 1.82) is 0 Å². The monoisotopic (exact) mass is 281 g/mol. The van der Waals surface area contributed by atoms with Crippen molar-refractivity contribution in [3.8, 4) is 0 Å². The molecule has 4 nitrogen and oxygen atoms in total. The van der Waals surface area contributed by atoms with E-state index in [9.17, 15) is 4.79 Å². The van der Waals surface area contributed by atoms with Crippen molar-refractivity contribution in [3.05, 3.63) is 60.4 Å². The number of carbonyl (C=O) groups is 1. The van der Waals surface area contributed by atoms with Crippen LogP contribution in [0.4, 0.5) is 5.69 Å². The van der Waals surface area contributed by atoms with Crippen LogP contribution >= 0.6 is 0 Å². The van der Waals surface area contributed by atoms with Crippen molar-refractivity contribution in [2.75, 3.05) is 24.5 Å². The van der Waals surface area contributed by atoms with Gasteiger partial charge in [-0.1, -0.05) is 24.3 Å². The van der Waals surface area contributed by atoms with E-state index in [0.717, 1.165) is 19.6 Å². The molecule has 0 bridgehead atoms. The Morgan fingerprint density at radius 2 is 1.86 bits per heavy atom. The first-order chi connectivity index (χ1) is 10.3. The molecule has 3 rings (SSSR count). The van der Waals surface area contributed by atoms with E-state index in [-0.39, 0.29) is 11.9 Å². The lowest BCUT2D eigenvalue weighted by Gasteiger charge is -2.40. The fraction of sp³-hybridized carbons (Fsp3) is 0.294. The molecule has 21 heavy (non-hydrogen) atoms. The average Bonchev–Trinajstić information content (AvgIpc) is 2.56. The summed E-state index contributed by atoms with van der Waals surface area (Å²) in [5.74, 6) is 0.0239. The third-order valence-corrected chi connectivity index (χ3v) is 3.89. The van der Waals surface area contributed by atoms with Gasteiger partial charge in [0.15, 0.2) is 0 Å². The molecule has 2 aromatic rings. The van der Waals surface area contributed by atoms with Crippen LogP contribution in [0.1, 0.15) is 17.4 Å². The van der Waals surface area contributed by atoms with Gasteiger partial charge in [-0.05, 0) is 31.2 Å². The molecule has 0 radical (unpaired) electrons. The Morgan fingerprint density at radius 1 is 1.10 bits per heavy atom. The van der Waals surface area contributed by atoms with Gasteiger partial charge >= 0.3 is 0 Å². The van der Waals surface area contributed by atoms with Crippen LogP contribution in [0.5, 0.6) is 0 Å². The SMILES string of the molecule is CC1CN(c2ccccc2)CCN1C(=O)c1ccccn1. The number of anilines is 1. The quantitative estimate of drug-likeness (QED) is 0.848. The highest BCUT2D eigenvalue weighted by molar-refractivity contribution is 5.92.